The molecular formula is C18H16ClN5O. The van der Waals surface area contributed by atoms with Crippen molar-refractivity contribution in [1.29, 1.82) is 0 Å². The summed E-state index contributed by atoms with van der Waals surface area (Å²) < 4.78 is 0. The third-order valence-corrected chi connectivity index (χ3v) is 3.78. The van der Waals surface area contributed by atoms with E-state index in [1.807, 2.05) is 36.4 Å². The summed E-state index contributed by atoms with van der Waals surface area (Å²) >= 11 is 5.69. The van der Waals surface area contributed by atoms with E-state index in [4.69, 9.17) is 17.3 Å². The molecule has 0 bridgehead atoms. The highest BCUT2D eigenvalue weighted by Gasteiger charge is 2.10. The molecule has 126 valence electrons. The van der Waals surface area contributed by atoms with Crippen LogP contribution in [0.1, 0.15) is 21.6 Å². The van der Waals surface area contributed by atoms with Crippen molar-refractivity contribution in [2.45, 2.75) is 13.0 Å². The summed E-state index contributed by atoms with van der Waals surface area (Å²) in [6.45, 7) is 0.582. The molecule has 0 radical (unpaired) electrons. The van der Waals surface area contributed by atoms with Gasteiger partial charge in [0.05, 0.1) is 18.1 Å². The van der Waals surface area contributed by atoms with Crippen LogP contribution in [0.2, 0.25) is 5.15 Å². The smallest absolute Gasteiger partial charge is 0.187 e. The van der Waals surface area contributed by atoms with E-state index in [2.05, 4.69) is 20.3 Å². The number of carbonyl (C=O) groups excluding carboxylic acids is 1. The number of nitrogen functional groups attached to an aromatic ring is 1. The second kappa shape index (κ2) is 7.72. The van der Waals surface area contributed by atoms with Crippen molar-refractivity contribution in [3.63, 3.8) is 0 Å². The van der Waals surface area contributed by atoms with Crippen LogP contribution < -0.4 is 11.1 Å². The molecule has 25 heavy (non-hydrogen) atoms. The number of rotatable bonds is 6. The Hall–Kier alpha value is -2.99. The molecule has 3 rings (SSSR count). The van der Waals surface area contributed by atoms with Gasteiger partial charge in [-0.3, -0.25) is 4.79 Å². The molecule has 0 aliphatic rings. The number of ketones is 1. The van der Waals surface area contributed by atoms with Gasteiger partial charge in [0.15, 0.2) is 5.78 Å². The summed E-state index contributed by atoms with van der Waals surface area (Å²) in [5, 5.41) is 3.50. The highest BCUT2D eigenvalue weighted by atomic mass is 35.5. The number of nitrogens with one attached hydrogen (secondary N) is 1. The first-order chi connectivity index (χ1) is 12.1. The molecule has 0 unspecified atom stereocenters. The van der Waals surface area contributed by atoms with Crippen molar-refractivity contribution in [1.82, 2.24) is 15.0 Å². The number of carbonyl (C=O) groups is 1. The van der Waals surface area contributed by atoms with E-state index in [1.54, 1.807) is 6.20 Å². The fourth-order valence-electron chi connectivity index (χ4n) is 2.35. The van der Waals surface area contributed by atoms with Gasteiger partial charge in [-0.15, -0.1) is 0 Å². The average Bonchev–Trinajstić information content (AvgIpc) is 2.62. The summed E-state index contributed by atoms with van der Waals surface area (Å²) in [6.07, 6.45) is 4.65. The highest BCUT2D eigenvalue weighted by Crippen LogP contribution is 2.16. The van der Waals surface area contributed by atoms with Crippen molar-refractivity contribution >= 4 is 28.9 Å². The van der Waals surface area contributed by atoms with Gasteiger partial charge in [-0.25, -0.2) is 15.0 Å². The zero-order chi connectivity index (χ0) is 17.6. The molecule has 0 amide bonds. The number of hydrogen-bond donors (Lipinski definition) is 2. The Morgan fingerprint density at radius 2 is 1.92 bits per heavy atom. The monoisotopic (exact) mass is 353 g/mol. The van der Waals surface area contributed by atoms with Crippen molar-refractivity contribution in [3.05, 3.63) is 77.0 Å². The Morgan fingerprint density at radius 3 is 2.68 bits per heavy atom. The molecule has 0 saturated heterocycles. The highest BCUT2D eigenvalue weighted by molar-refractivity contribution is 6.29. The maximum Gasteiger partial charge on any atom is 0.187 e. The van der Waals surface area contributed by atoms with Crippen LogP contribution in [0.4, 0.5) is 11.5 Å². The number of aromatic nitrogens is 3. The molecule has 0 atom stereocenters. The van der Waals surface area contributed by atoms with Crippen LogP contribution in [-0.2, 0) is 13.0 Å². The molecule has 3 N–H and O–H groups in total. The van der Waals surface area contributed by atoms with Crippen molar-refractivity contribution in [2.75, 3.05) is 11.1 Å². The van der Waals surface area contributed by atoms with E-state index in [9.17, 15) is 4.79 Å². The Kier molecular flexibility index (Phi) is 5.20. The molecule has 7 heteroatoms. The van der Waals surface area contributed by atoms with Crippen LogP contribution in [0.25, 0.3) is 0 Å². The van der Waals surface area contributed by atoms with Gasteiger partial charge in [-0.1, -0.05) is 35.9 Å². The Morgan fingerprint density at radius 1 is 1.08 bits per heavy atom. The number of anilines is 2. The molecule has 2 heterocycles. The summed E-state index contributed by atoms with van der Waals surface area (Å²) in [4.78, 5) is 24.2. The van der Waals surface area contributed by atoms with Crippen LogP contribution in [0.3, 0.4) is 0 Å². The first-order valence-electron chi connectivity index (χ1n) is 7.65. The predicted octanol–water partition coefficient (Wildman–Crippen LogP) is 3.14. The molecule has 0 spiro atoms. The second-order valence-corrected chi connectivity index (χ2v) is 5.82. The van der Waals surface area contributed by atoms with E-state index >= 15 is 0 Å². The van der Waals surface area contributed by atoms with E-state index in [0.29, 0.717) is 18.1 Å². The Bertz CT molecular complexity index is 883. The lowest BCUT2D eigenvalue weighted by Gasteiger charge is -2.09. The summed E-state index contributed by atoms with van der Waals surface area (Å²) in [5.41, 5.74) is 8.84. The average molecular weight is 354 g/mol. The van der Waals surface area contributed by atoms with E-state index in [1.165, 1.54) is 12.4 Å². The van der Waals surface area contributed by atoms with Gasteiger partial charge in [0.25, 0.3) is 0 Å². The number of nitrogens with zero attached hydrogens (tertiary/aromatic N) is 3. The third-order valence-electron chi connectivity index (χ3n) is 3.58. The molecular weight excluding hydrogens is 338 g/mol. The lowest BCUT2D eigenvalue weighted by Crippen LogP contribution is -2.07. The van der Waals surface area contributed by atoms with Crippen LogP contribution in [0.5, 0.6) is 0 Å². The fourth-order valence-corrected chi connectivity index (χ4v) is 2.44. The number of benzene rings is 1. The van der Waals surface area contributed by atoms with Crippen LogP contribution >= 0.6 is 11.6 Å². The standard InChI is InChI=1S/C18H16ClN5O/c19-17-11-23-15(10-24-17)16(25)8-12-3-1-4-13(7-12)9-22-14-5-2-6-21-18(14)20/h1-7,10-11,22H,8-9H2,(H2,20,21). The SMILES string of the molecule is Nc1ncccc1NCc1cccc(CC(=O)c2cnc(Cl)cn2)c1. The minimum Gasteiger partial charge on any atom is -0.382 e. The lowest BCUT2D eigenvalue weighted by molar-refractivity contribution is 0.0988. The maximum absolute atomic E-state index is 12.3. The minimum atomic E-state index is -0.106. The lowest BCUT2D eigenvalue weighted by atomic mass is 10.0. The summed E-state index contributed by atoms with van der Waals surface area (Å²) in [5.74, 6) is 0.348. The van der Waals surface area contributed by atoms with E-state index in [-0.39, 0.29) is 17.4 Å². The maximum atomic E-state index is 12.3. The van der Waals surface area contributed by atoms with Crippen molar-refractivity contribution in [2.24, 2.45) is 0 Å². The van der Waals surface area contributed by atoms with Gasteiger partial charge < -0.3 is 11.1 Å². The second-order valence-electron chi connectivity index (χ2n) is 5.43. The zero-order valence-corrected chi connectivity index (χ0v) is 14.1. The quantitative estimate of drug-likeness (QED) is 0.661. The number of pyridine rings is 1. The third kappa shape index (κ3) is 4.51. The largest absolute Gasteiger partial charge is 0.382 e. The molecule has 3 aromatic rings. The molecule has 1 aromatic carbocycles. The van der Waals surface area contributed by atoms with E-state index < -0.39 is 0 Å². The zero-order valence-electron chi connectivity index (χ0n) is 13.3. The van der Waals surface area contributed by atoms with Gasteiger partial charge in [0.2, 0.25) is 0 Å². The van der Waals surface area contributed by atoms with Crippen LogP contribution in [0.15, 0.2) is 55.0 Å². The number of halogens is 1. The first-order valence-corrected chi connectivity index (χ1v) is 8.02. The van der Waals surface area contributed by atoms with Gasteiger partial charge in [0, 0.05) is 19.2 Å². The first kappa shape index (κ1) is 16.9. The molecule has 0 aliphatic carbocycles. The van der Waals surface area contributed by atoms with Crippen LogP contribution in [0, 0.1) is 0 Å². The van der Waals surface area contributed by atoms with Crippen molar-refractivity contribution in [3.8, 4) is 0 Å². The molecule has 0 aliphatic heterocycles. The number of nitrogens with two attached hydrogens (primary N) is 1. The van der Waals surface area contributed by atoms with Gasteiger partial charge in [0.1, 0.15) is 16.7 Å². The van der Waals surface area contributed by atoms with Gasteiger partial charge in [-0.05, 0) is 23.3 Å². The molecule has 2 aromatic heterocycles. The minimum absolute atomic E-state index is 0.106. The fraction of sp³-hybridized carbons (Fsp3) is 0.111. The van der Waals surface area contributed by atoms with Gasteiger partial charge >= 0.3 is 0 Å². The molecule has 6 nitrogen and oxygen atoms in total. The topological polar surface area (TPSA) is 93.8 Å². The number of Topliss-reactive ketones (excluding diaryl/α,β-unsaturated/α-hetero) is 1. The summed E-state index contributed by atoms with van der Waals surface area (Å²) in [6, 6.07) is 11.5. The molecule has 0 saturated carbocycles. The van der Waals surface area contributed by atoms with Crippen molar-refractivity contribution < 1.29 is 4.79 Å². The number of hydrogen-bond acceptors (Lipinski definition) is 6. The summed E-state index contributed by atoms with van der Waals surface area (Å²) in [7, 11) is 0. The normalized spacial score (nSPS) is 10.4. The predicted molar refractivity (Wildman–Crippen MR) is 97.5 cm³/mol. The van der Waals surface area contributed by atoms with Crippen LogP contribution in [-0.4, -0.2) is 20.7 Å². The molecule has 0 fully saturated rings. The van der Waals surface area contributed by atoms with E-state index in [0.717, 1.165) is 16.8 Å². The Balaban J connectivity index is 1.66. The van der Waals surface area contributed by atoms with Gasteiger partial charge in [-0.2, -0.15) is 0 Å². The Labute approximate surface area is 150 Å².